The first-order valence-electron chi connectivity index (χ1n) is 6.22. The van der Waals surface area contributed by atoms with E-state index in [1.165, 1.54) is 37.4 Å². The first-order chi connectivity index (χ1) is 6.66. The molecule has 0 aromatic heterocycles. The number of halogens is 1. The van der Waals surface area contributed by atoms with Crippen LogP contribution in [0.25, 0.3) is 0 Å². The number of fused-ring (bicyclic) bond motifs is 2. The van der Waals surface area contributed by atoms with Crippen molar-refractivity contribution in [1.29, 1.82) is 0 Å². The van der Waals surface area contributed by atoms with Crippen molar-refractivity contribution in [1.82, 2.24) is 0 Å². The molecule has 0 aromatic rings. The van der Waals surface area contributed by atoms with E-state index in [4.69, 9.17) is 0 Å². The monoisotopic (exact) mass is 258 g/mol. The van der Waals surface area contributed by atoms with Gasteiger partial charge in [0.25, 0.3) is 0 Å². The molecule has 0 aromatic carbocycles. The van der Waals surface area contributed by atoms with Gasteiger partial charge in [-0.1, -0.05) is 42.6 Å². The molecule has 14 heavy (non-hydrogen) atoms. The molecule has 2 bridgehead atoms. The lowest BCUT2D eigenvalue weighted by Crippen LogP contribution is -2.29. The van der Waals surface area contributed by atoms with Crippen molar-refractivity contribution < 1.29 is 0 Å². The van der Waals surface area contributed by atoms with Crippen LogP contribution in [0, 0.1) is 23.2 Å². The Morgan fingerprint density at radius 2 is 2.14 bits per heavy atom. The smallest absolute Gasteiger partial charge is 0.00907 e. The van der Waals surface area contributed by atoms with Crippen LogP contribution in [0.3, 0.4) is 0 Å². The zero-order valence-electron chi connectivity index (χ0n) is 9.56. The highest BCUT2D eigenvalue weighted by Crippen LogP contribution is 2.58. The van der Waals surface area contributed by atoms with Crippen LogP contribution in [0.4, 0.5) is 0 Å². The Labute approximate surface area is 97.0 Å². The Morgan fingerprint density at radius 3 is 2.57 bits per heavy atom. The molecular formula is C13H23Br. The molecule has 82 valence electrons. The van der Waals surface area contributed by atoms with Gasteiger partial charge in [0.15, 0.2) is 0 Å². The van der Waals surface area contributed by atoms with E-state index in [2.05, 4.69) is 29.8 Å². The van der Waals surface area contributed by atoms with Crippen molar-refractivity contribution >= 4 is 15.9 Å². The van der Waals surface area contributed by atoms with Gasteiger partial charge in [0.2, 0.25) is 0 Å². The molecule has 0 radical (unpaired) electrons. The molecule has 2 saturated carbocycles. The third kappa shape index (κ3) is 1.89. The van der Waals surface area contributed by atoms with Crippen LogP contribution in [0.1, 0.15) is 52.4 Å². The zero-order valence-corrected chi connectivity index (χ0v) is 11.1. The number of hydrogen-bond donors (Lipinski definition) is 0. The summed E-state index contributed by atoms with van der Waals surface area (Å²) in [6, 6.07) is 0. The SMILES string of the molecule is CC(C)CCC1(CBr)CC2CCC1C2. The molecular weight excluding hydrogens is 236 g/mol. The van der Waals surface area contributed by atoms with E-state index in [1.54, 1.807) is 6.42 Å². The predicted molar refractivity (Wildman–Crippen MR) is 65.7 cm³/mol. The molecule has 3 atom stereocenters. The van der Waals surface area contributed by atoms with Gasteiger partial charge in [0, 0.05) is 5.33 Å². The van der Waals surface area contributed by atoms with Crippen molar-refractivity contribution in [2.75, 3.05) is 5.33 Å². The fourth-order valence-electron chi connectivity index (χ4n) is 3.67. The molecule has 0 heterocycles. The van der Waals surface area contributed by atoms with Gasteiger partial charge in [-0.05, 0) is 48.9 Å². The largest absolute Gasteiger partial charge is 0.0922 e. The minimum absolute atomic E-state index is 0.702. The first kappa shape index (κ1) is 11.0. The predicted octanol–water partition coefficient (Wildman–Crippen LogP) is 4.62. The van der Waals surface area contributed by atoms with Gasteiger partial charge < -0.3 is 0 Å². The van der Waals surface area contributed by atoms with Gasteiger partial charge in [0.05, 0.1) is 0 Å². The van der Waals surface area contributed by atoms with Crippen molar-refractivity contribution in [2.24, 2.45) is 23.2 Å². The lowest BCUT2D eigenvalue weighted by atomic mass is 9.71. The average molecular weight is 259 g/mol. The summed E-state index contributed by atoms with van der Waals surface area (Å²) >= 11 is 3.79. The van der Waals surface area contributed by atoms with E-state index in [1.807, 2.05) is 0 Å². The Balaban J connectivity index is 1.97. The number of alkyl halides is 1. The van der Waals surface area contributed by atoms with Gasteiger partial charge >= 0.3 is 0 Å². The number of hydrogen-bond acceptors (Lipinski definition) is 0. The maximum absolute atomic E-state index is 3.79. The second-order valence-electron chi connectivity index (χ2n) is 6.01. The summed E-state index contributed by atoms with van der Waals surface area (Å²) in [5.41, 5.74) is 0.702. The van der Waals surface area contributed by atoms with Gasteiger partial charge in [-0.3, -0.25) is 0 Å². The second kappa shape index (κ2) is 4.15. The van der Waals surface area contributed by atoms with Crippen LogP contribution < -0.4 is 0 Å². The molecule has 0 aliphatic heterocycles. The van der Waals surface area contributed by atoms with Crippen molar-refractivity contribution in [2.45, 2.75) is 52.4 Å². The third-order valence-electron chi connectivity index (χ3n) is 4.59. The van der Waals surface area contributed by atoms with Crippen LogP contribution in [0.5, 0.6) is 0 Å². The van der Waals surface area contributed by atoms with E-state index in [-0.39, 0.29) is 0 Å². The molecule has 2 aliphatic carbocycles. The van der Waals surface area contributed by atoms with E-state index < -0.39 is 0 Å². The quantitative estimate of drug-likeness (QED) is 0.646. The van der Waals surface area contributed by atoms with Crippen molar-refractivity contribution in [3.63, 3.8) is 0 Å². The molecule has 2 fully saturated rings. The Kier molecular flexibility index (Phi) is 3.26. The lowest BCUT2D eigenvalue weighted by molar-refractivity contribution is 0.170. The van der Waals surface area contributed by atoms with Gasteiger partial charge in [-0.2, -0.15) is 0 Å². The van der Waals surface area contributed by atoms with E-state index in [0.717, 1.165) is 17.8 Å². The molecule has 1 heteroatoms. The number of rotatable bonds is 4. The van der Waals surface area contributed by atoms with Gasteiger partial charge in [-0.25, -0.2) is 0 Å². The molecule has 0 amide bonds. The molecule has 3 unspecified atom stereocenters. The first-order valence-corrected chi connectivity index (χ1v) is 7.34. The highest BCUT2D eigenvalue weighted by atomic mass is 79.9. The Morgan fingerprint density at radius 1 is 1.36 bits per heavy atom. The summed E-state index contributed by atoms with van der Waals surface area (Å²) in [6.07, 6.45) is 9.01. The maximum Gasteiger partial charge on any atom is 0.00907 e. The van der Waals surface area contributed by atoms with Gasteiger partial charge in [0.1, 0.15) is 0 Å². The zero-order chi connectivity index (χ0) is 10.2. The highest BCUT2D eigenvalue weighted by Gasteiger charge is 2.49. The van der Waals surface area contributed by atoms with Crippen LogP contribution >= 0.6 is 15.9 Å². The minimum Gasteiger partial charge on any atom is -0.0922 e. The minimum atomic E-state index is 0.702. The summed E-state index contributed by atoms with van der Waals surface area (Å²) < 4.78 is 0. The Bertz CT molecular complexity index is 199. The van der Waals surface area contributed by atoms with Crippen LogP contribution in [0.15, 0.2) is 0 Å². The second-order valence-corrected chi connectivity index (χ2v) is 6.57. The maximum atomic E-state index is 3.79. The van der Waals surface area contributed by atoms with E-state index in [9.17, 15) is 0 Å². The fourth-order valence-corrected chi connectivity index (χ4v) is 4.64. The molecule has 0 saturated heterocycles. The van der Waals surface area contributed by atoms with E-state index in [0.29, 0.717) is 5.41 Å². The molecule has 2 aliphatic rings. The normalized spacial score (nSPS) is 41.1. The lowest BCUT2D eigenvalue weighted by Gasteiger charge is -2.37. The summed E-state index contributed by atoms with van der Waals surface area (Å²) in [6.45, 7) is 4.71. The summed E-state index contributed by atoms with van der Waals surface area (Å²) in [5.74, 6) is 3.03. The van der Waals surface area contributed by atoms with Crippen molar-refractivity contribution in [3.8, 4) is 0 Å². The van der Waals surface area contributed by atoms with Gasteiger partial charge in [-0.15, -0.1) is 0 Å². The Hall–Kier alpha value is 0.480. The van der Waals surface area contributed by atoms with Crippen LogP contribution in [-0.4, -0.2) is 5.33 Å². The highest BCUT2D eigenvalue weighted by molar-refractivity contribution is 9.09. The van der Waals surface area contributed by atoms with Crippen molar-refractivity contribution in [3.05, 3.63) is 0 Å². The van der Waals surface area contributed by atoms with Crippen LogP contribution in [0.2, 0.25) is 0 Å². The third-order valence-corrected chi connectivity index (χ3v) is 5.70. The molecule has 0 spiro atoms. The molecule has 2 rings (SSSR count). The molecule has 0 nitrogen and oxygen atoms in total. The fraction of sp³-hybridized carbons (Fsp3) is 1.00. The summed E-state index contributed by atoms with van der Waals surface area (Å²) in [4.78, 5) is 0. The van der Waals surface area contributed by atoms with Crippen LogP contribution in [-0.2, 0) is 0 Å². The summed E-state index contributed by atoms with van der Waals surface area (Å²) in [5, 5.41) is 1.26. The summed E-state index contributed by atoms with van der Waals surface area (Å²) in [7, 11) is 0. The standard InChI is InChI=1S/C13H23Br/c1-10(2)5-6-13(9-14)8-11-3-4-12(13)7-11/h10-12H,3-9H2,1-2H3. The average Bonchev–Trinajstić information content (AvgIpc) is 2.74. The molecule has 0 N–H and O–H groups in total. The topological polar surface area (TPSA) is 0 Å². The van der Waals surface area contributed by atoms with E-state index >= 15 is 0 Å².